The van der Waals surface area contributed by atoms with Gasteiger partial charge >= 0.3 is 12.1 Å². The van der Waals surface area contributed by atoms with Gasteiger partial charge in [-0.1, -0.05) is 29.8 Å². The number of hydrogen-bond donors (Lipinski definition) is 0. The Bertz CT molecular complexity index is 1100. The second-order valence-corrected chi connectivity index (χ2v) is 9.36. The molecule has 2 aliphatic rings. The lowest BCUT2D eigenvalue weighted by Crippen LogP contribution is -2.48. The van der Waals surface area contributed by atoms with Crippen molar-refractivity contribution >= 4 is 27.6 Å². The molecule has 4 rings (SSSR count). The van der Waals surface area contributed by atoms with Crippen LogP contribution in [0.25, 0.3) is 0 Å². The molecule has 0 unspecified atom stereocenters. The van der Waals surface area contributed by atoms with Crippen molar-refractivity contribution in [2.24, 2.45) is 0 Å². The van der Waals surface area contributed by atoms with E-state index in [4.69, 9.17) is 16.3 Å². The number of alkyl halides is 3. The topological polar surface area (TPSA) is 63.7 Å². The van der Waals surface area contributed by atoms with Crippen LogP contribution < -0.4 is 0 Å². The normalized spacial score (nSPS) is 22.6. The molecule has 0 N–H and O–H groups in total. The van der Waals surface area contributed by atoms with Crippen molar-refractivity contribution in [3.05, 3.63) is 64.2 Å². The Morgan fingerprint density at radius 2 is 1.86 bits per heavy atom. The number of carbonyl (C=O) groups excluding carboxylic acids is 1. The van der Waals surface area contributed by atoms with E-state index in [-0.39, 0.29) is 13.1 Å². The van der Waals surface area contributed by atoms with Gasteiger partial charge < -0.3 is 4.74 Å². The highest BCUT2D eigenvalue weighted by Crippen LogP contribution is 2.44. The van der Waals surface area contributed by atoms with Gasteiger partial charge in [0.1, 0.15) is 0 Å². The van der Waals surface area contributed by atoms with E-state index in [1.807, 2.05) is 0 Å². The Labute approximate surface area is 170 Å². The second-order valence-electron chi connectivity index (χ2n) is 7.01. The Morgan fingerprint density at radius 3 is 2.59 bits per heavy atom. The molecule has 5 nitrogen and oxygen atoms in total. The molecule has 0 radical (unpaired) electrons. The summed E-state index contributed by atoms with van der Waals surface area (Å²) in [6.07, 6.45) is -3.97. The lowest BCUT2D eigenvalue weighted by molar-refractivity contribution is -0.137. The molecule has 2 aromatic carbocycles. The summed E-state index contributed by atoms with van der Waals surface area (Å²) in [6, 6.07) is 9.22. The zero-order chi connectivity index (χ0) is 21.0. The summed E-state index contributed by atoms with van der Waals surface area (Å²) in [5, 5.41) is -0.579. The first kappa shape index (κ1) is 20.2. The first-order valence-corrected chi connectivity index (χ1v) is 10.6. The van der Waals surface area contributed by atoms with Gasteiger partial charge in [-0.3, -0.25) is 0 Å². The molecule has 0 amide bonds. The Kier molecular flexibility index (Phi) is 4.67. The second kappa shape index (κ2) is 6.72. The van der Waals surface area contributed by atoms with E-state index in [9.17, 15) is 26.4 Å². The molecule has 1 fully saturated rings. The van der Waals surface area contributed by atoms with Crippen LogP contribution >= 0.6 is 11.6 Å². The number of halogens is 4. The minimum atomic E-state index is -4.79. The van der Waals surface area contributed by atoms with Gasteiger partial charge in [0, 0.05) is 12.1 Å². The molecule has 0 aliphatic carbocycles. The number of fused-ring (bicyclic) bond motifs is 2. The predicted octanol–water partition coefficient (Wildman–Crippen LogP) is 4.21. The predicted molar refractivity (Wildman–Crippen MR) is 98.0 cm³/mol. The number of esters is 1. The van der Waals surface area contributed by atoms with Gasteiger partial charge in [0.15, 0.2) is 5.60 Å². The lowest BCUT2D eigenvalue weighted by atomic mass is 9.86. The molecule has 154 valence electrons. The molecule has 1 saturated heterocycles. The van der Waals surface area contributed by atoms with E-state index in [0.29, 0.717) is 30.0 Å². The van der Waals surface area contributed by atoms with Crippen LogP contribution in [0.5, 0.6) is 0 Å². The van der Waals surface area contributed by atoms with Crippen molar-refractivity contribution in [2.45, 2.75) is 29.5 Å². The number of ether oxygens (including phenoxy) is 1. The van der Waals surface area contributed by atoms with Gasteiger partial charge in [-0.25, -0.2) is 13.2 Å². The van der Waals surface area contributed by atoms with Gasteiger partial charge in [0.05, 0.1) is 27.6 Å². The van der Waals surface area contributed by atoms with E-state index in [2.05, 4.69) is 0 Å². The van der Waals surface area contributed by atoms with Crippen LogP contribution in [0.4, 0.5) is 13.2 Å². The molecule has 0 saturated carbocycles. The van der Waals surface area contributed by atoms with Crippen LogP contribution in [0.1, 0.15) is 34.3 Å². The number of benzene rings is 2. The number of carbonyl (C=O) groups is 1. The highest BCUT2D eigenvalue weighted by Gasteiger charge is 2.50. The fraction of sp³-hybridized carbons (Fsp3) is 0.316. The summed E-state index contributed by atoms with van der Waals surface area (Å²) in [5.41, 5.74) is -1.39. The monoisotopic (exact) mass is 445 g/mol. The molecule has 2 aliphatic heterocycles. The number of rotatable bonds is 2. The Hall–Kier alpha value is -2.10. The zero-order valence-corrected chi connectivity index (χ0v) is 16.4. The fourth-order valence-electron chi connectivity index (χ4n) is 3.87. The molecule has 1 spiro atoms. The maximum absolute atomic E-state index is 13.2. The number of sulfonamides is 1. The van der Waals surface area contributed by atoms with E-state index in [0.717, 1.165) is 16.4 Å². The molecule has 29 heavy (non-hydrogen) atoms. The fourth-order valence-corrected chi connectivity index (χ4v) is 5.65. The third-order valence-corrected chi connectivity index (χ3v) is 7.40. The molecule has 0 aromatic heterocycles. The molecular formula is C19H15ClF3NO4S. The molecular weight excluding hydrogens is 431 g/mol. The average Bonchev–Trinajstić information content (AvgIpc) is 2.93. The SMILES string of the molecule is O=C1O[C@@]2(CCCN(S(=O)(=O)c3ccc(Cl)c(C(F)(F)F)c3)C2)c2ccccc21. The standard InChI is InChI=1S/C19H15ClF3NO4S/c20-16-7-6-12(10-15(16)19(21,22)23)29(26,27)24-9-3-8-18(11-24)14-5-2-1-4-13(14)17(25)28-18/h1-2,4-7,10H,3,8-9,11H2/t18-/m1/s1. The van der Waals surface area contributed by atoms with Crippen molar-refractivity contribution in [2.75, 3.05) is 13.1 Å². The van der Waals surface area contributed by atoms with Crippen LogP contribution in [0.2, 0.25) is 5.02 Å². The third-order valence-electron chi connectivity index (χ3n) is 5.23. The van der Waals surface area contributed by atoms with Gasteiger partial charge in [-0.2, -0.15) is 17.5 Å². The molecule has 1 atom stereocenters. The van der Waals surface area contributed by atoms with E-state index in [1.165, 1.54) is 0 Å². The minimum Gasteiger partial charge on any atom is -0.449 e. The van der Waals surface area contributed by atoms with Crippen LogP contribution in [0.15, 0.2) is 47.4 Å². The Balaban J connectivity index is 1.72. The third kappa shape index (κ3) is 3.31. The van der Waals surface area contributed by atoms with E-state index < -0.39 is 43.3 Å². The summed E-state index contributed by atoms with van der Waals surface area (Å²) in [5.74, 6) is -0.536. The smallest absolute Gasteiger partial charge is 0.417 e. The summed E-state index contributed by atoms with van der Waals surface area (Å²) in [7, 11) is -4.26. The van der Waals surface area contributed by atoms with Gasteiger partial charge in [0.25, 0.3) is 0 Å². The van der Waals surface area contributed by atoms with Crippen molar-refractivity contribution in [1.29, 1.82) is 0 Å². The lowest BCUT2D eigenvalue weighted by Gasteiger charge is -2.38. The molecule has 2 heterocycles. The molecule has 2 aromatic rings. The van der Waals surface area contributed by atoms with E-state index >= 15 is 0 Å². The highest BCUT2D eigenvalue weighted by atomic mass is 35.5. The largest absolute Gasteiger partial charge is 0.449 e. The summed E-state index contributed by atoms with van der Waals surface area (Å²) in [4.78, 5) is 11.7. The first-order valence-electron chi connectivity index (χ1n) is 8.74. The van der Waals surface area contributed by atoms with Crippen molar-refractivity contribution in [1.82, 2.24) is 4.31 Å². The summed E-state index contributed by atoms with van der Waals surface area (Å²) in [6.45, 7) is -0.0597. The molecule has 10 heteroatoms. The van der Waals surface area contributed by atoms with Gasteiger partial charge in [0.2, 0.25) is 10.0 Å². The minimum absolute atomic E-state index is 0.105. The van der Waals surface area contributed by atoms with Crippen LogP contribution in [0, 0.1) is 0 Å². The number of hydrogen-bond acceptors (Lipinski definition) is 4. The average molecular weight is 446 g/mol. The number of nitrogens with zero attached hydrogens (tertiary/aromatic N) is 1. The van der Waals surface area contributed by atoms with Gasteiger partial charge in [-0.15, -0.1) is 0 Å². The van der Waals surface area contributed by atoms with Crippen LogP contribution in [-0.2, 0) is 26.5 Å². The van der Waals surface area contributed by atoms with Crippen molar-refractivity contribution < 1.29 is 31.1 Å². The number of piperidine rings is 1. The highest BCUT2D eigenvalue weighted by molar-refractivity contribution is 7.89. The molecule has 0 bridgehead atoms. The first-order chi connectivity index (χ1) is 13.5. The summed E-state index contributed by atoms with van der Waals surface area (Å²) >= 11 is 5.60. The van der Waals surface area contributed by atoms with E-state index in [1.54, 1.807) is 24.3 Å². The maximum atomic E-state index is 13.2. The van der Waals surface area contributed by atoms with Crippen LogP contribution in [0.3, 0.4) is 0 Å². The van der Waals surface area contributed by atoms with Crippen molar-refractivity contribution in [3.8, 4) is 0 Å². The summed E-state index contributed by atoms with van der Waals surface area (Å²) < 4.78 is 72.3. The quantitative estimate of drug-likeness (QED) is 0.650. The zero-order valence-electron chi connectivity index (χ0n) is 14.9. The van der Waals surface area contributed by atoms with Crippen LogP contribution in [-0.4, -0.2) is 31.8 Å². The maximum Gasteiger partial charge on any atom is 0.417 e. The Morgan fingerprint density at radius 1 is 1.14 bits per heavy atom. The van der Waals surface area contributed by atoms with Crippen molar-refractivity contribution in [3.63, 3.8) is 0 Å². The van der Waals surface area contributed by atoms with Gasteiger partial charge in [-0.05, 0) is 37.1 Å².